The van der Waals surface area contributed by atoms with Crippen LogP contribution in [0.4, 0.5) is 0 Å². The highest BCUT2D eigenvalue weighted by molar-refractivity contribution is 9.10. The predicted molar refractivity (Wildman–Crippen MR) is 87.8 cm³/mol. The summed E-state index contributed by atoms with van der Waals surface area (Å²) < 4.78 is 6.72. The minimum atomic E-state index is 0.729. The average molecular weight is 362 g/mol. The number of ether oxygens (including phenoxy) is 1. The number of quaternary nitrogens is 1. The highest BCUT2D eigenvalue weighted by atomic mass is 79.9. The minimum absolute atomic E-state index is 0.729. The zero-order valence-electron chi connectivity index (χ0n) is 12.1. The molecule has 1 heterocycles. The van der Waals surface area contributed by atoms with E-state index in [0.29, 0.717) is 0 Å². The fraction of sp³-hybridized carbons (Fsp3) is 0.625. The summed E-state index contributed by atoms with van der Waals surface area (Å²) in [7, 11) is 0. The molecule has 0 aromatic heterocycles. The van der Waals surface area contributed by atoms with Crippen LogP contribution in [-0.2, 0) is 0 Å². The lowest BCUT2D eigenvalue weighted by Gasteiger charge is -2.27. The van der Waals surface area contributed by atoms with E-state index in [1.54, 1.807) is 4.90 Å². The molecule has 1 aliphatic heterocycles. The molecule has 1 N–H and O–H groups in total. The quantitative estimate of drug-likeness (QED) is 0.765. The molecule has 1 fully saturated rings. The summed E-state index contributed by atoms with van der Waals surface area (Å²) in [4.78, 5) is 1.77. The summed E-state index contributed by atoms with van der Waals surface area (Å²) in [5.74, 6) is 1.79. The van der Waals surface area contributed by atoms with Gasteiger partial charge in [-0.3, -0.25) is 0 Å². The fourth-order valence-electron chi connectivity index (χ4n) is 2.88. The van der Waals surface area contributed by atoms with Crippen molar-refractivity contribution in [2.24, 2.45) is 5.92 Å². The van der Waals surface area contributed by atoms with Crippen LogP contribution in [0.1, 0.15) is 32.6 Å². The van der Waals surface area contributed by atoms with Crippen LogP contribution in [0.25, 0.3) is 0 Å². The van der Waals surface area contributed by atoms with Gasteiger partial charge in [0.25, 0.3) is 0 Å². The van der Waals surface area contributed by atoms with Crippen molar-refractivity contribution in [3.8, 4) is 5.75 Å². The first-order chi connectivity index (χ1) is 9.65. The zero-order valence-corrected chi connectivity index (χ0v) is 14.5. The van der Waals surface area contributed by atoms with E-state index >= 15 is 0 Å². The van der Waals surface area contributed by atoms with Crippen LogP contribution in [0.5, 0.6) is 5.75 Å². The van der Waals surface area contributed by atoms with Gasteiger partial charge in [-0.25, -0.2) is 0 Å². The largest absolute Gasteiger partial charge is 0.492 e. The van der Waals surface area contributed by atoms with Crippen LogP contribution in [-0.4, -0.2) is 26.2 Å². The Labute approximate surface area is 135 Å². The van der Waals surface area contributed by atoms with Crippen molar-refractivity contribution in [3.05, 3.63) is 27.7 Å². The molecular weight excluding hydrogens is 338 g/mol. The summed E-state index contributed by atoms with van der Waals surface area (Å²) in [6, 6.07) is 5.65. The number of benzene rings is 1. The summed E-state index contributed by atoms with van der Waals surface area (Å²) in [5, 5.41) is 0.729. The van der Waals surface area contributed by atoms with Gasteiger partial charge in [0.1, 0.15) is 5.75 Å². The van der Waals surface area contributed by atoms with E-state index < -0.39 is 0 Å². The van der Waals surface area contributed by atoms with Crippen LogP contribution in [0.15, 0.2) is 22.7 Å². The van der Waals surface area contributed by atoms with E-state index in [9.17, 15) is 0 Å². The second-order valence-electron chi connectivity index (χ2n) is 5.83. The number of rotatable bonds is 6. The van der Waals surface area contributed by atoms with E-state index in [1.165, 1.54) is 38.9 Å². The Balaban J connectivity index is 1.61. The van der Waals surface area contributed by atoms with Crippen molar-refractivity contribution in [2.75, 3.05) is 26.2 Å². The van der Waals surface area contributed by atoms with Crippen molar-refractivity contribution >= 4 is 27.5 Å². The third-order valence-corrected chi connectivity index (χ3v) is 4.80. The van der Waals surface area contributed by atoms with E-state index in [-0.39, 0.29) is 0 Å². The van der Waals surface area contributed by atoms with Gasteiger partial charge in [-0.2, -0.15) is 0 Å². The molecule has 0 aliphatic carbocycles. The summed E-state index contributed by atoms with van der Waals surface area (Å²) in [6.07, 6.45) is 5.17. The number of hydrogen-bond donors (Lipinski definition) is 1. The van der Waals surface area contributed by atoms with E-state index in [2.05, 4.69) is 22.9 Å². The standard InChI is InChI=1S/C16H23BrClNO/c1-13-5-4-9-19(12-13)8-2-3-10-20-16-7-6-14(18)11-15(16)17/h6-7,11,13H,2-5,8-10,12H2,1H3/p+1/t13-/m1/s1. The van der Waals surface area contributed by atoms with Gasteiger partial charge in [0.05, 0.1) is 30.7 Å². The maximum atomic E-state index is 5.91. The Morgan fingerprint density at radius 2 is 2.25 bits per heavy atom. The first kappa shape index (κ1) is 16.1. The molecule has 0 amide bonds. The first-order valence-corrected chi connectivity index (χ1v) is 8.73. The Hall–Kier alpha value is -0.250. The third-order valence-electron chi connectivity index (χ3n) is 3.94. The minimum Gasteiger partial charge on any atom is -0.492 e. The monoisotopic (exact) mass is 360 g/mol. The Kier molecular flexibility index (Phi) is 6.66. The second kappa shape index (κ2) is 8.26. The Bertz CT molecular complexity index is 427. The topological polar surface area (TPSA) is 13.7 Å². The molecule has 1 aliphatic rings. The molecule has 1 aromatic rings. The molecule has 112 valence electrons. The SMILES string of the molecule is C[C@@H]1CCC[NH+](CCCCOc2ccc(Cl)cc2Br)C1. The number of likely N-dealkylation sites (tertiary alicyclic amines) is 1. The molecule has 0 spiro atoms. The van der Waals surface area contributed by atoms with Gasteiger partial charge in [0.2, 0.25) is 0 Å². The molecule has 0 radical (unpaired) electrons. The lowest BCUT2D eigenvalue weighted by atomic mass is 10.0. The third kappa shape index (κ3) is 5.27. The smallest absolute Gasteiger partial charge is 0.133 e. The van der Waals surface area contributed by atoms with E-state index in [0.717, 1.165) is 34.2 Å². The van der Waals surface area contributed by atoms with Crippen molar-refractivity contribution in [1.82, 2.24) is 0 Å². The Morgan fingerprint density at radius 1 is 1.40 bits per heavy atom. The van der Waals surface area contributed by atoms with Crippen molar-refractivity contribution in [3.63, 3.8) is 0 Å². The predicted octanol–water partition coefficient (Wildman–Crippen LogP) is 3.58. The molecule has 1 unspecified atom stereocenters. The van der Waals surface area contributed by atoms with Gasteiger partial charge in [-0.05, 0) is 59.8 Å². The molecule has 20 heavy (non-hydrogen) atoms. The van der Waals surface area contributed by atoms with E-state index in [4.69, 9.17) is 16.3 Å². The second-order valence-corrected chi connectivity index (χ2v) is 7.12. The molecule has 0 bridgehead atoms. The lowest BCUT2D eigenvalue weighted by Crippen LogP contribution is -3.13. The van der Waals surface area contributed by atoms with Crippen LogP contribution >= 0.6 is 27.5 Å². The number of nitrogens with one attached hydrogen (secondary N) is 1. The number of hydrogen-bond acceptors (Lipinski definition) is 1. The molecule has 4 heteroatoms. The van der Waals surface area contributed by atoms with Gasteiger partial charge in [0, 0.05) is 10.9 Å². The number of piperidine rings is 1. The number of halogens is 2. The van der Waals surface area contributed by atoms with Gasteiger partial charge < -0.3 is 9.64 Å². The van der Waals surface area contributed by atoms with Crippen molar-refractivity contribution in [1.29, 1.82) is 0 Å². The van der Waals surface area contributed by atoms with Crippen LogP contribution < -0.4 is 9.64 Å². The zero-order chi connectivity index (χ0) is 14.4. The van der Waals surface area contributed by atoms with E-state index in [1.807, 2.05) is 18.2 Å². The molecule has 2 rings (SSSR count). The van der Waals surface area contributed by atoms with Gasteiger partial charge in [-0.1, -0.05) is 18.5 Å². The summed E-state index contributed by atoms with van der Waals surface area (Å²) >= 11 is 9.38. The molecule has 0 saturated carbocycles. The maximum absolute atomic E-state index is 5.91. The molecule has 1 aromatic carbocycles. The van der Waals surface area contributed by atoms with Crippen molar-refractivity contribution in [2.45, 2.75) is 32.6 Å². The highest BCUT2D eigenvalue weighted by Gasteiger charge is 2.18. The van der Waals surface area contributed by atoms with Crippen LogP contribution in [0, 0.1) is 5.92 Å². The average Bonchev–Trinajstić information content (AvgIpc) is 2.41. The molecule has 1 saturated heterocycles. The van der Waals surface area contributed by atoms with Gasteiger partial charge in [0.15, 0.2) is 0 Å². The van der Waals surface area contributed by atoms with Gasteiger partial charge >= 0.3 is 0 Å². The fourth-order valence-corrected chi connectivity index (χ4v) is 3.67. The Morgan fingerprint density at radius 3 is 3.00 bits per heavy atom. The summed E-state index contributed by atoms with van der Waals surface area (Å²) in [6.45, 7) is 7.15. The summed E-state index contributed by atoms with van der Waals surface area (Å²) in [5.41, 5.74) is 0. The van der Waals surface area contributed by atoms with Crippen LogP contribution in [0.3, 0.4) is 0 Å². The highest BCUT2D eigenvalue weighted by Crippen LogP contribution is 2.27. The normalized spacial score (nSPS) is 22.8. The lowest BCUT2D eigenvalue weighted by molar-refractivity contribution is -0.908. The van der Waals surface area contributed by atoms with Gasteiger partial charge in [-0.15, -0.1) is 0 Å². The molecule has 2 nitrogen and oxygen atoms in total. The molecule has 2 atom stereocenters. The first-order valence-electron chi connectivity index (χ1n) is 7.56. The number of unbranched alkanes of at least 4 members (excludes halogenated alkanes) is 1. The van der Waals surface area contributed by atoms with Crippen molar-refractivity contribution < 1.29 is 9.64 Å². The van der Waals surface area contributed by atoms with Crippen LogP contribution in [0.2, 0.25) is 5.02 Å². The maximum Gasteiger partial charge on any atom is 0.133 e. The molecular formula is C16H24BrClNO+.